The number of carbonyl (C=O) groups excluding carboxylic acids is 1. The second-order valence-electron chi connectivity index (χ2n) is 4.56. The number of thiophene rings is 1. The van der Waals surface area contributed by atoms with Gasteiger partial charge >= 0.3 is 0 Å². The van der Waals surface area contributed by atoms with Gasteiger partial charge in [-0.15, -0.1) is 11.3 Å². The second kappa shape index (κ2) is 6.42. The second-order valence-corrected chi connectivity index (χ2v) is 5.51. The van der Waals surface area contributed by atoms with Crippen LogP contribution in [-0.2, 0) is 6.54 Å². The van der Waals surface area contributed by atoms with Crippen molar-refractivity contribution in [1.29, 1.82) is 0 Å². The Bertz CT molecular complexity index is 892. The van der Waals surface area contributed by atoms with Crippen LogP contribution in [0.4, 0.5) is 11.5 Å². The van der Waals surface area contributed by atoms with E-state index in [1.807, 2.05) is 17.5 Å². The van der Waals surface area contributed by atoms with E-state index in [0.717, 1.165) is 17.1 Å². The maximum Gasteiger partial charge on any atom is 0.288 e. The molecular weight excluding hydrogens is 336 g/mol. The molecular formula is C13H10N6O4S. The number of rotatable bonds is 6. The van der Waals surface area contributed by atoms with Crippen molar-refractivity contribution in [3.8, 4) is 10.8 Å². The first-order chi connectivity index (χ1) is 11.5. The number of nitrogens with two attached hydrogens (primary N) is 1. The molecule has 0 bridgehead atoms. The molecule has 0 fully saturated rings. The standard InChI is InChI=1S/C13H10N6O4S/c14-11(20)8-4-7(19(21)22)5-15-12(8)16-6-10-17-13(23-18-10)9-2-1-3-24-9/h1-5H,6H2,(H2,14,20)(H,15,16). The molecule has 3 aromatic rings. The van der Waals surface area contributed by atoms with Gasteiger partial charge in [0.2, 0.25) is 0 Å². The van der Waals surface area contributed by atoms with Gasteiger partial charge in [0.05, 0.1) is 21.9 Å². The molecule has 3 heterocycles. The van der Waals surface area contributed by atoms with Crippen LogP contribution in [0.1, 0.15) is 16.2 Å². The summed E-state index contributed by atoms with van der Waals surface area (Å²) in [4.78, 5) is 30.4. The lowest BCUT2D eigenvalue weighted by Crippen LogP contribution is -2.16. The zero-order valence-corrected chi connectivity index (χ0v) is 12.8. The van der Waals surface area contributed by atoms with Crippen LogP contribution in [0.5, 0.6) is 0 Å². The molecule has 10 nitrogen and oxygen atoms in total. The average molecular weight is 346 g/mol. The minimum atomic E-state index is -0.832. The van der Waals surface area contributed by atoms with Crippen LogP contribution < -0.4 is 11.1 Å². The number of nitro groups is 1. The SMILES string of the molecule is NC(=O)c1cc([N+](=O)[O-])cnc1NCc1noc(-c2cccs2)n1. The summed E-state index contributed by atoms with van der Waals surface area (Å²) < 4.78 is 5.13. The van der Waals surface area contributed by atoms with Crippen molar-refractivity contribution in [2.24, 2.45) is 5.73 Å². The highest BCUT2D eigenvalue weighted by atomic mass is 32.1. The van der Waals surface area contributed by atoms with Crippen LogP contribution in [0, 0.1) is 10.1 Å². The number of hydrogen-bond acceptors (Lipinski definition) is 9. The molecule has 0 aromatic carbocycles. The van der Waals surface area contributed by atoms with Crippen LogP contribution in [0.2, 0.25) is 0 Å². The van der Waals surface area contributed by atoms with E-state index in [1.54, 1.807) is 0 Å². The van der Waals surface area contributed by atoms with Gasteiger partial charge in [-0.2, -0.15) is 4.98 Å². The van der Waals surface area contributed by atoms with E-state index >= 15 is 0 Å². The first kappa shape index (κ1) is 15.6. The predicted octanol–water partition coefficient (Wildman–Crippen LogP) is 1.81. The zero-order chi connectivity index (χ0) is 17.1. The summed E-state index contributed by atoms with van der Waals surface area (Å²) in [6.07, 6.45) is 1.03. The number of hydrogen-bond donors (Lipinski definition) is 2. The molecule has 3 rings (SSSR count). The molecule has 0 aliphatic heterocycles. The van der Waals surface area contributed by atoms with Gasteiger partial charge in [-0.3, -0.25) is 14.9 Å². The van der Waals surface area contributed by atoms with Crippen LogP contribution in [-0.4, -0.2) is 26.0 Å². The Hall–Kier alpha value is -3.34. The molecule has 0 saturated carbocycles. The Balaban J connectivity index is 1.77. The number of anilines is 1. The highest BCUT2D eigenvalue weighted by Crippen LogP contribution is 2.23. The van der Waals surface area contributed by atoms with Crippen LogP contribution in [0.15, 0.2) is 34.3 Å². The van der Waals surface area contributed by atoms with E-state index in [0.29, 0.717) is 11.7 Å². The summed E-state index contributed by atoms with van der Waals surface area (Å²) >= 11 is 1.46. The Labute approximate surface area is 138 Å². The van der Waals surface area contributed by atoms with Gasteiger partial charge in [0, 0.05) is 6.07 Å². The number of primary amides is 1. The third-order valence-corrected chi connectivity index (χ3v) is 3.82. The van der Waals surface area contributed by atoms with Crippen LogP contribution in [0.25, 0.3) is 10.8 Å². The summed E-state index contributed by atoms with van der Waals surface area (Å²) in [5.41, 5.74) is 4.81. The number of amides is 1. The fraction of sp³-hybridized carbons (Fsp3) is 0.0769. The molecule has 0 aliphatic carbocycles. The summed E-state index contributed by atoms with van der Waals surface area (Å²) in [6, 6.07) is 4.77. The van der Waals surface area contributed by atoms with Gasteiger partial charge in [-0.05, 0) is 11.4 Å². The molecule has 0 aliphatic rings. The van der Waals surface area contributed by atoms with Gasteiger partial charge in [0.1, 0.15) is 12.0 Å². The van der Waals surface area contributed by atoms with Crippen molar-refractivity contribution in [2.45, 2.75) is 6.54 Å². The molecule has 3 N–H and O–H groups in total. The first-order valence-electron chi connectivity index (χ1n) is 6.59. The third-order valence-electron chi connectivity index (χ3n) is 2.96. The molecule has 0 saturated heterocycles. The molecule has 1 amide bonds. The highest BCUT2D eigenvalue weighted by Gasteiger charge is 2.17. The normalized spacial score (nSPS) is 10.5. The monoisotopic (exact) mass is 346 g/mol. The van der Waals surface area contributed by atoms with Gasteiger partial charge in [-0.25, -0.2) is 4.98 Å². The summed E-state index contributed by atoms with van der Waals surface area (Å²) in [7, 11) is 0. The maximum atomic E-state index is 11.4. The van der Waals surface area contributed by atoms with Gasteiger partial charge < -0.3 is 15.6 Å². The fourth-order valence-corrected chi connectivity index (χ4v) is 2.52. The smallest absolute Gasteiger partial charge is 0.288 e. The van der Waals surface area contributed by atoms with Crippen LogP contribution >= 0.6 is 11.3 Å². The topological polar surface area (TPSA) is 150 Å². The Kier molecular flexibility index (Phi) is 4.16. The molecule has 3 aromatic heterocycles. The number of carbonyl (C=O) groups is 1. The molecule has 11 heteroatoms. The van der Waals surface area contributed by atoms with Crippen molar-refractivity contribution >= 4 is 28.7 Å². The van der Waals surface area contributed by atoms with Gasteiger partial charge in [-0.1, -0.05) is 11.2 Å². The summed E-state index contributed by atoms with van der Waals surface area (Å²) in [5.74, 6) is -0.000725. The minimum absolute atomic E-state index is 0.0915. The lowest BCUT2D eigenvalue weighted by Gasteiger charge is -2.06. The Morgan fingerprint density at radius 1 is 1.50 bits per heavy atom. The van der Waals surface area contributed by atoms with Crippen molar-refractivity contribution in [1.82, 2.24) is 15.1 Å². The number of nitrogens with zero attached hydrogens (tertiary/aromatic N) is 4. The number of nitrogens with one attached hydrogen (secondary N) is 1. The summed E-state index contributed by atoms with van der Waals surface area (Å²) in [5, 5.41) is 19.3. The lowest BCUT2D eigenvalue weighted by molar-refractivity contribution is -0.385. The molecule has 0 radical (unpaired) electrons. The van der Waals surface area contributed by atoms with Crippen molar-refractivity contribution in [3.05, 3.63) is 51.3 Å². The number of aromatic nitrogens is 3. The van der Waals surface area contributed by atoms with E-state index in [2.05, 4.69) is 20.4 Å². The lowest BCUT2D eigenvalue weighted by atomic mass is 10.2. The van der Waals surface area contributed by atoms with E-state index < -0.39 is 10.8 Å². The Morgan fingerprint density at radius 3 is 3.00 bits per heavy atom. The van der Waals surface area contributed by atoms with Crippen molar-refractivity contribution < 1.29 is 14.2 Å². The Morgan fingerprint density at radius 2 is 2.33 bits per heavy atom. The predicted molar refractivity (Wildman–Crippen MR) is 84.3 cm³/mol. The fourth-order valence-electron chi connectivity index (χ4n) is 1.87. The first-order valence-corrected chi connectivity index (χ1v) is 7.47. The molecule has 0 atom stereocenters. The maximum absolute atomic E-state index is 11.4. The van der Waals surface area contributed by atoms with Crippen molar-refractivity contribution in [2.75, 3.05) is 5.32 Å². The largest absolute Gasteiger partial charge is 0.365 e. The molecule has 122 valence electrons. The average Bonchev–Trinajstić information content (AvgIpc) is 3.23. The zero-order valence-electron chi connectivity index (χ0n) is 12.0. The highest BCUT2D eigenvalue weighted by molar-refractivity contribution is 7.13. The molecule has 0 unspecified atom stereocenters. The molecule has 24 heavy (non-hydrogen) atoms. The van der Waals surface area contributed by atoms with E-state index in [1.165, 1.54) is 11.3 Å². The van der Waals surface area contributed by atoms with Crippen LogP contribution in [0.3, 0.4) is 0 Å². The van der Waals surface area contributed by atoms with Gasteiger partial charge in [0.25, 0.3) is 17.5 Å². The van der Waals surface area contributed by atoms with E-state index in [4.69, 9.17) is 10.3 Å². The van der Waals surface area contributed by atoms with E-state index in [9.17, 15) is 14.9 Å². The third kappa shape index (κ3) is 3.20. The van der Waals surface area contributed by atoms with Crippen molar-refractivity contribution in [3.63, 3.8) is 0 Å². The molecule has 0 spiro atoms. The summed E-state index contributed by atoms with van der Waals surface area (Å²) in [6.45, 7) is 0.111. The quantitative estimate of drug-likeness (QED) is 0.506. The number of pyridine rings is 1. The van der Waals surface area contributed by atoms with Gasteiger partial charge in [0.15, 0.2) is 5.82 Å². The van der Waals surface area contributed by atoms with E-state index in [-0.39, 0.29) is 23.6 Å². The minimum Gasteiger partial charge on any atom is -0.365 e.